The number of non-ortho nitro benzene ring substituents is 1. The highest BCUT2D eigenvalue weighted by atomic mass is 35.5. The minimum atomic E-state index is -0.449. The Balaban J connectivity index is 2.28. The number of hydrogen-bond acceptors (Lipinski definition) is 4. The van der Waals surface area contributed by atoms with Crippen LogP contribution in [0.4, 0.5) is 11.4 Å². The molecule has 6 heteroatoms. The molecular formula is C15H15ClN2O3. The topological polar surface area (TPSA) is 64.4 Å². The maximum Gasteiger partial charge on any atom is 0.271 e. The summed E-state index contributed by atoms with van der Waals surface area (Å²) in [6.07, 6.45) is 0. The number of halogens is 1. The van der Waals surface area contributed by atoms with Crippen molar-refractivity contribution in [2.24, 2.45) is 0 Å². The maximum atomic E-state index is 10.9. The Morgan fingerprint density at radius 3 is 2.62 bits per heavy atom. The monoisotopic (exact) mass is 306 g/mol. The number of benzene rings is 2. The van der Waals surface area contributed by atoms with Gasteiger partial charge < -0.3 is 10.1 Å². The van der Waals surface area contributed by atoms with E-state index in [1.165, 1.54) is 18.2 Å². The van der Waals surface area contributed by atoms with Crippen LogP contribution >= 0.6 is 11.6 Å². The maximum absolute atomic E-state index is 10.9. The Hall–Kier alpha value is -2.11. The number of hydrogen-bond donors (Lipinski definition) is 1. The molecule has 0 aliphatic rings. The molecule has 1 unspecified atom stereocenters. The van der Waals surface area contributed by atoms with Gasteiger partial charge in [-0.1, -0.05) is 41.9 Å². The molecule has 110 valence electrons. The first-order chi connectivity index (χ1) is 10.1. The highest BCUT2D eigenvalue weighted by Crippen LogP contribution is 2.30. The van der Waals surface area contributed by atoms with Gasteiger partial charge in [-0.2, -0.15) is 0 Å². The van der Waals surface area contributed by atoms with E-state index in [4.69, 9.17) is 16.3 Å². The highest BCUT2D eigenvalue weighted by molar-refractivity contribution is 6.33. The molecule has 2 aromatic rings. The summed E-state index contributed by atoms with van der Waals surface area (Å²) in [5.41, 5.74) is 1.52. The summed E-state index contributed by atoms with van der Waals surface area (Å²) in [7, 11) is 1.60. The molecule has 0 radical (unpaired) electrons. The number of anilines is 1. The van der Waals surface area contributed by atoms with Gasteiger partial charge in [-0.05, 0) is 11.6 Å². The van der Waals surface area contributed by atoms with E-state index in [0.29, 0.717) is 17.3 Å². The summed E-state index contributed by atoms with van der Waals surface area (Å²) in [5, 5.41) is 14.5. The third-order valence-corrected chi connectivity index (χ3v) is 3.36. The van der Waals surface area contributed by atoms with Crippen LogP contribution in [0.25, 0.3) is 0 Å². The molecule has 2 aromatic carbocycles. The third kappa shape index (κ3) is 3.93. The van der Waals surface area contributed by atoms with Crippen LogP contribution in [0.2, 0.25) is 5.02 Å². The summed E-state index contributed by atoms with van der Waals surface area (Å²) in [4.78, 5) is 10.4. The lowest BCUT2D eigenvalue weighted by Gasteiger charge is -2.20. The van der Waals surface area contributed by atoms with Gasteiger partial charge in [-0.25, -0.2) is 0 Å². The van der Waals surface area contributed by atoms with Crippen LogP contribution in [0, 0.1) is 10.1 Å². The summed E-state index contributed by atoms with van der Waals surface area (Å²) < 4.78 is 5.21. The fourth-order valence-corrected chi connectivity index (χ4v) is 2.17. The number of nitrogens with one attached hydrogen (secondary N) is 1. The number of rotatable bonds is 6. The van der Waals surface area contributed by atoms with Crippen molar-refractivity contribution in [2.75, 3.05) is 19.0 Å². The third-order valence-electron chi connectivity index (χ3n) is 3.03. The van der Waals surface area contributed by atoms with Gasteiger partial charge in [-0.15, -0.1) is 0 Å². The lowest BCUT2D eigenvalue weighted by atomic mass is 10.1. The summed E-state index contributed by atoms with van der Waals surface area (Å²) >= 11 is 6.11. The SMILES string of the molecule is COCC(Nc1cc([N+](=O)[O-])ccc1Cl)c1ccccc1. The molecule has 0 heterocycles. The van der Waals surface area contributed by atoms with E-state index in [-0.39, 0.29) is 11.7 Å². The molecule has 0 aliphatic carbocycles. The summed E-state index contributed by atoms with van der Waals surface area (Å²) in [6.45, 7) is 0.420. The molecule has 0 saturated heterocycles. The average molecular weight is 307 g/mol. The van der Waals surface area contributed by atoms with E-state index in [0.717, 1.165) is 5.56 Å². The van der Waals surface area contributed by atoms with Gasteiger partial charge in [0.15, 0.2) is 0 Å². The van der Waals surface area contributed by atoms with Gasteiger partial charge in [0.05, 0.1) is 28.3 Å². The van der Waals surface area contributed by atoms with Gasteiger partial charge in [0, 0.05) is 19.2 Å². The van der Waals surface area contributed by atoms with Gasteiger partial charge in [0.25, 0.3) is 5.69 Å². The predicted octanol–water partition coefficient (Wildman–Crippen LogP) is 4.05. The zero-order valence-corrected chi connectivity index (χ0v) is 12.2. The van der Waals surface area contributed by atoms with Crippen molar-refractivity contribution in [2.45, 2.75) is 6.04 Å². The van der Waals surface area contributed by atoms with E-state index >= 15 is 0 Å². The van der Waals surface area contributed by atoms with Crippen molar-refractivity contribution in [1.82, 2.24) is 0 Å². The molecule has 2 rings (SSSR count). The average Bonchev–Trinajstić information content (AvgIpc) is 2.49. The quantitative estimate of drug-likeness (QED) is 0.646. The van der Waals surface area contributed by atoms with Crippen molar-refractivity contribution in [3.8, 4) is 0 Å². The van der Waals surface area contributed by atoms with Crippen LogP contribution in [-0.2, 0) is 4.74 Å². The smallest absolute Gasteiger partial charge is 0.271 e. The first kappa shape index (κ1) is 15.3. The predicted molar refractivity (Wildman–Crippen MR) is 82.8 cm³/mol. The molecule has 0 amide bonds. The first-order valence-electron chi connectivity index (χ1n) is 6.36. The zero-order chi connectivity index (χ0) is 15.2. The lowest BCUT2D eigenvalue weighted by Crippen LogP contribution is -2.16. The van der Waals surface area contributed by atoms with Crippen molar-refractivity contribution < 1.29 is 9.66 Å². The van der Waals surface area contributed by atoms with E-state index in [1.54, 1.807) is 7.11 Å². The molecule has 0 fully saturated rings. The number of ether oxygens (including phenoxy) is 1. The Morgan fingerprint density at radius 2 is 2.00 bits per heavy atom. The second kappa shape index (κ2) is 7.06. The number of nitrogens with zero attached hydrogens (tertiary/aromatic N) is 1. The largest absolute Gasteiger partial charge is 0.382 e. The molecule has 0 bridgehead atoms. The number of methoxy groups -OCH3 is 1. The Kier molecular flexibility index (Phi) is 5.14. The van der Waals surface area contributed by atoms with Crippen LogP contribution in [0.1, 0.15) is 11.6 Å². The number of nitro benzene ring substituents is 1. The van der Waals surface area contributed by atoms with E-state index < -0.39 is 4.92 Å². The van der Waals surface area contributed by atoms with Gasteiger partial charge in [0.1, 0.15) is 0 Å². The van der Waals surface area contributed by atoms with Crippen molar-refractivity contribution in [3.63, 3.8) is 0 Å². The Morgan fingerprint density at radius 1 is 1.29 bits per heavy atom. The minimum absolute atomic E-state index is 0.00821. The van der Waals surface area contributed by atoms with Gasteiger partial charge in [-0.3, -0.25) is 10.1 Å². The van der Waals surface area contributed by atoms with Crippen LogP contribution in [-0.4, -0.2) is 18.6 Å². The molecule has 0 spiro atoms. The molecule has 1 N–H and O–H groups in total. The van der Waals surface area contributed by atoms with Crippen molar-refractivity contribution >= 4 is 23.0 Å². The fourth-order valence-electron chi connectivity index (χ4n) is 2.00. The molecule has 0 aliphatic heterocycles. The van der Waals surface area contributed by atoms with Gasteiger partial charge >= 0.3 is 0 Å². The van der Waals surface area contributed by atoms with Crippen LogP contribution in [0.5, 0.6) is 0 Å². The second-order valence-corrected chi connectivity index (χ2v) is 4.89. The fraction of sp³-hybridized carbons (Fsp3) is 0.200. The standard InChI is InChI=1S/C15H15ClN2O3/c1-21-10-15(11-5-3-2-4-6-11)17-14-9-12(18(19)20)7-8-13(14)16/h2-9,15,17H,10H2,1H3. The van der Waals surface area contributed by atoms with Crippen molar-refractivity contribution in [3.05, 3.63) is 69.2 Å². The molecular weight excluding hydrogens is 292 g/mol. The minimum Gasteiger partial charge on any atom is -0.382 e. The summed E-state index contributed by atoms with van der Waals surface area (Å²) in [6, 6.07) is 13.9. The molecule has 0 saturated carbocycles. The molecule has 1 atom stereocenters. The highest BCUT2D eigenvalue weighted by Gasteiger charge is 2.15. The Bertz CT molecular complexity index is 620. The van der Waals surface area contributed by atoms with Crippen LogP contribution < -0.4 is 5.32 Å². The number of nitro groups is 1. The molecule has 21 heavy (non-hydrogen) atoms. The van der Waals surface area contributed by atoms with Crippen molar-refractivity contribution in [1.29, 1.82) is 0 Å². The van der Waals surface area contributed by atoms with Gasteiger partial charge in [0.2, 0.25) is 0 Å². The molecule has 5 nitrogen and oxygen atoms in total. The second-order valence-electron chi connectivity index (χ2n) is 4.48. The van der Waals surface area contributed by atoms with E-state index in [2.05, 4.69) is 5.32 Å². The summed E-state index contributed by atoms with van der Waals surface area (Å²) in [5.74, 6) is 0. The first-order valence-corrected chi connectivity index (χ1v) is 6.74. The Labute approximate surface area is 127 Å². The zero-order valence-electron chi connectivity index (χ0n) is 11.5. The van der Waals surface area contributed by atoms with E-state index in [1.807, 2.05) is 30.3 Å². The van der Waals surface area contributed by atoms with Crippen LogP contribution in [0.15, 0.2) is 48.5 Å². The van der Waals surface area contributed by atoms with E-state index in [9.17, 15) is 10.1 Å². The normalized spacial score (nSPS) is 11.9. The lowest BCUT2D eigenvalue weighted by molar-refractivity contribution is -0.384. The van der Waals surface area contributed by atoms with Crippen LogP contribution in [0.3, 0.4) is 0 Å². The molecule has 0 aromatic heterocycles.